The van der Waals surface area contributed by atoms with Crippen LogP contribution in [-0.4, -0.2) is 59.9 Å². The summed E-state index contributed by atoms with van der Waals surface area (Å²) in [6, 6.07) is 11.2. The second kappa shape index (κ2) is 9.17. The van der Waals surface area contributed by atoms with E-state index in [1.165, 1.54) is 24.8 Å². The molecule has 5 nitrogen and oxygen atoms in total. The fraction of sp³-hybridized carbons (Fsp3) is 0.619. The molecule has 0 bridgehead atoms. The van der Waals surface area contributed by atoms with E-state index in [0.717, 1.165) is 38.9 Å². The molecule has 0 saturated carbocycles. The van der Waals surface area contributed by atoms with Gasteiger partial charge in [-0.15, -0.1) is 0 Å². The van der Waals surface area contributed by atoms with Gasteiger partial charge in [0.05, 0.1) is 6.54 Å². The van der Waals surface area contributed by atoms with Gasteiger partial charge in [-0.05, 0) is 44.2 Å². The minimum Gasteiger partial charge on any atom is -0.352 e. The van der Waals surface area contributed by atoms with Gasteiger partial charge in [0.15, 0.2) is 0 Å². The highest BCUT2D eigenvalue weighted by molar-refractivity contribution is 5.78. The summed E-state index contributed by atoms with van der Waals surface area (Å²) in [5, 5.41) is 3.19. The maximum atomic E-state index is 12.6. The Kier molecular flexibility index (Phi) is 6.67. The van der Waals surface area contributed by atoms with E-state index in [1.807, 2.05) is 11.0 Å². The molecule has 1 N–H and O–H groups in total. The normalized spacial score (nSPS) is 22.2. The molecule has 0 aromatic heterocycles. The third-order valence-corrected chi connectivity index (χ3v) is 5.72. The molecule has 142 valence electrons. The van der Waals surface area contributed by atoms with Crippen LogP contribution in [-0.2, 0) is 16.0 Å². The van der Waals surface area contributed by atoms with Gasteiger partial charge < -0.3 is 10.2 Å². The van der Waals surface area contributed by atoms with E-state index in [-0.39, 0.29) is 17.9 Å². The Morgan fingerprint density at radius 1 is 1.04 bits per heavy atom. The summed E-state index contributed by atoms with van der Waals surface area (Å²) in [6.45, 7) is 4.61. The van der Waals surface area contributed by atoms with Crippen LogP contribution in [0.4, 0.5) is 0 Å². The number of hydrogen-bond acceptors (Lipinski definition) is 3. The molecule has 2 saturated heterocycles. The van der Waals surface area contributed by atoms with Gasteiger partial charge in [0, 0.05) is 32.1 Å². The number of piperidine rings is 2. The van der Waals surface area contributed by atoms with E-state index in [0.29, 0.717) is 12.6 Å². The van der Waals surface area contributed by atoms with Gasteiger partial charge >= 0.3 is 0 Å². The van der Waals surface area contributed by atoms with E-state index in [2.05, 4.69) is 34.5 Å². The maximum Gasteiger partial charge on any atom is 0.234 e. The molecular formula is C21H31N3O2. The molecule has 0 spiro atoms. The monoisotopic (exact) mass is 357 g/mol. The number of nitrogens with one attached hydrogen (secondary N) is 1. The van der Waals surface area contributed by atoms with Gasteiger partial charge in [-0.1, -0.05) is 36.8 Å². The van der Waals surface area contributed by atoms with E-state index >= 15 is 0 Å². The average Bonchev–Trinajstić information content (AvgIpc) is 2.64. The fourth-order valence-electron chi connectivity index (χ4n) is 4.18. The minimum absolute atomic E-state index is 0.131. The standard InChI is InChI=1S/C21H31N3O2/c1-17(25)23-13-10-19(11-14-23)22-21(26)16-24-12-6-5-9-20(24)15-18-7-3-2-4-8-18/h2-4,7-8,19-20H,5-6,9-16H2,1H3,(H,22,26). The van der Waals surface area contributed by atoms with Crippen LogP contribution in [0.2, 0.25) is 0 Å². The predicted molar refractivity (Wildman–Crippen MR) is 103 cm³/mol. The molecular weight excluding hydrogens is 326 g/mol. The zero-order valence-electron chi connectivity index (χ0n) is 15.8. The molecule has 1 aromatic rings. The number of likely N-dealkylation sites (tertiary alicyclic amines) is 2. The summed E-state index contributed by atoms with van der Waals surface area (Å²) in [7, 11) is 0. The van der Waals surface area contributed by atoms with Crippen molar-refractivity contribution < 1.29 is 9.59 Å². The molecule has 0 aliphatic carbocycles. The van der Waals surface area contributed by atoms with Crippen LogP contribution in [0.5, 0.6) is 0 Å². The summed E-state index contributed by atoms with van der Waals surface area (Å²) < 4.78 is 0. The summed E-state index contributed by atoms with van der Waals surface area (Å²) in [5.74, 6) is 0.262. The molecule has 0 radical (unpaired) electrons. The van der Waals surface area contributed by atoms with Crippen LogP contribution in [0.1, 0.15) is 44.6 Å². The topological polar surface area (TPSA) is 52.7 Å². The maximum absolute atomic E-state index is 12.6. The van der Waals surface area contributed by atoms with Crippen LogP contribution < -0.4 is 5.32 Å². The molecule has 2 aliphatic heterocycles. The second-order valence-electron chi connectivity index (χ2n) is 7.66. The Morgan fingerprint density at radius 3 is 2.46 bits per heavy atom. The number of carbonyl (C=O) groups excluding carboxylic acids is 2. The summed E-state index contributed by atoms with van der Waals surface area (Å²) in [5.41, 5.74) is 1.35. The molecule has 26 heavy (non-hydrogen) atoms. The van der Waals surface area contributed by atoms with Crippen LogP contribution in [0, 0.1) is 0 Å². The summed E-state index contributed by atoms with van der Waals surface area (Å²) >= 11 is 0. The zero-order valence-corrected chi connectivity index (χ0v) is 15.8. The van der Waals surface area contributed by atoms with Crippen molar-refractivity contribution in [2.24, 2.45) is 0 Å². The first-order chi connectivity index (χ1) is 12.6. The minimum atomic E-state index is 0.131. The molecule has 2 amide bonds. The van der Waals surface area contributed by atoms with Crippen molar-refractivity contribution in [3.05, 3.63) is 35.9 Å². The zero-order chi connectivity index (χ0) is 18.4. The lowest BCUT2D eigenvalue weighted by Crippen LogP contribution is -2.50. The van der Waals surface area contributed by atoms with E-state index in [9.17, 15) is 9.59 Å². The molecule has 2 heterocycles. The largest absolute Gasteiger partial charge is 0.352 e. The highest BCUT2D eigenvalue weighted by Gasteiger charge is 2.26. The predicted octanol–water partition coefficient (Wildman–Crippen LogP) is 2.21. The van der Waals surface area contributed by atoms with Crippen LogP contribution >= 0.6 is 0 Å². The van der Waals surface area contributed by atoms with Gasteiger partial charge in [-0.3, -0.25) is 14.5 Å². The van der Waals surface area contributed by atoms with Crippen molar-refractivity contribution in [1.82, 2.24) is 15.1 Å². The van der Waals surface area contributed by atoms with Crippen LogP contribution in [0.25, 0.3) is 0 Å². The van der Waals surface area contributed by atoms with E-state index in [1.54, 1.807) is 6.92 Å². The van der Waals surface area contributed by atoms with Crippen molar-refractivity contribution in [2.75, 3.05) is 26.2 Å². The lowest BCUT2D eigenvalue weighted by Gasteiger charge is -2.36. The Morgan fingerprint density at radius 2 is 1.77 bits per heavy atom. The molecule has 1 atom stereocenters. The summed E-state index contributed by atoms with van der Waals surface area (Å²) in [4.78, 5) is 28.2. The highest BCUT2D eigenvalue weighted by atomic mass is 16.2. The van der Waals surface area contributed by atoms with Gasteiger partial charge in [0.1, 0.15) is 0 Å². The van der Waals surface area contributed by atoms with Crippen molar-refractivity contribution in [2.45, 2.75) is 57.5 Å². The van der Waals surface area contributed by atoms with Crippen molar-refractivity contribution >= 4 is 11.8 Å². The molecule has 3 rings (SSSR count). The Labute approximate surface area is 156 Å². The Hall–Kier alpha value is -1.88. The van der Waals surface area contributed by atoms with Gasteiger partial charge in [0.25, 0.3) is 0 Å². The Balaban J connectivity index is 1.48. The van der Waals surface area contributed by atoms with Crippen molar-refractivity contribution in [3.63, 3.8) is 0 Å². The molecule has 1 unspecified atom stereocenters. The molecule has 2 fully saturated rings. The average molecular weight is 357 g/mol. The van der Waals surface area contributed by atoms with Gasteiger partial charge in [0.2, 0.25) is 11.8 Å². The van der Waals surface area contributed by atoms with Crippen molar-refractivity contribution in [1.29, 1.82) is 0 Å². The molecule has 1 aromatic carbocycles. The third-order valence-electron chi connectivity index (χ3n) is 5.72. The highest BCUT2D eigenvalue weighted by Crippen LogP contribution is 2.20. The number of rotatable bonds is 5. The lowest BCUT2D eigenvalue weighted by atomic mass is 9.95. The van der Waals surface area contributed by atoms with Crippen molar-refractivity contribution in [3.8, 4) is 0 Å². The smallest absolute Gasteiger partial charge is 0.234 e. The fourth-order valence-corrected chi connectivity index (χ4v) is 4.18. The van der Waals surface area contributed by atoms with E-state index < -0.39 is 0 Å². The number of carbonyl (C=O) groups is 2. The first kappa shape index (κ1) is 18.9. The first-order valence-electron chi connectivity index (χ1n) is 9.94. The number of amides is 2. The quantitative estimate of drug-likeness (QED) is 0.879. The lowest BCUT2D eigenvalue weighted by molar-refractivity contribution is -0.130. The number of hydrogen-bond donors (Lipinski definition) is 1. The molecule has 2 aliphatic rings. The third kappa shape index (κ3) is 5.31. The van der Waals surface area contributed by atoms with Crippen LogP contribution in [0.15, 0.2) is 30.3 Å². The van der Waals surface area contributed by atoms with Gasteiger partial charge in [-0.2, -0.15) is 0 Å². The van der Waals surface area contributed by atoms with Crippen LogP contribution in [0.3, 0.4) is 0 Å². The number of nitrogens with zero attached hydrogens (tertiary/aromatic N) is 2. The SMILES string of the molecule is CC(=O)N1CCC(NC(=O)CN2CCCCC2Cc2ccccc2)CC1. The first-order valence-corrected chi connectivity index (χ1v) is 9.94. The number of benzene rings is 1. The molecule has 5 heteroatoms. The Bertz CT molecular complexity index is 597. The van der Waals surface area contributed by atoms with E-state index in [4.69, 9.17) is 0 Å². The van der Waals surface area contributed by atoms with Gasteiger partial charge in [-0.25, -0.2) is 0 Å². The summed E-state index contributed by atoms with van der Waals surface area (Å²) in [6.07, 6.45) is 6.33. The second-order valence-corrected chi connectivity index (χ2v) is 7.66.